The number of alkyl halides is 3. The van der Waals surface area contributed by atoms with Crippen molar-refractivity contribution < 1.29 is 17.9 Å². The number of benzene rings is 1. The van der Waals surface area contributed by atoms with E-state index in [-0.39, 0.29) is 5.88 Å². The summed E-state index contributed by atoms with van der Waals surface area (Å²) in [6.07, 6.45) is -3.70. The molecule has 3 nitrogen and oxygen atoms in total. The number of nitrogen functional groups attached to an aromatic ring is 1. The van der Waals surface area contributed by atoms with Crippen molar-refractivity contribution in [3.63, 3.8) is 0 Å². The third-order valence-electron chi connectivity index (χ3n) is 2.54. The fraction of sp³-hybridized carbons (Fsp3) is 0.154. The standard InChI is InChI=1S/C13H10BrF3N2O/c1-7-4-9(14)5-10(18)12(7)20-11-3-2-8(6-19-11)13(15,16)17/h2-6H,18H2,1H3. The Balaban J connectivity index is 2.27. The van der Waals surface area contributed by atoms with E-state index >= 15 is 0 Å². The van der Waals surface area contributed by atoms with Gasteiger partial charge in [0.05, 0.1) is 11.3 Å². The molecule has 1 heterocycles. The molecule has 1 aromatic carbocycles. The maximum atomic E-state index is 12.4. The summed E-state index contributed by atoms with van der Waals surface area (Å²) in [6.45, 7) is 1.78. The molecule has 0 bridgehead atoms. The Labute approximate surface area is 121 Å². The highest BCUT2D eigenvalue weighted by Gasteiger charge is 2.30. The van der Waals surface area contributed by atoms with Crippen molar-refractivity contribution in [2.75, 3.05) is 5.73 Å². The number of anilines is 1. The van der Waals surface area contributed by atoms with Crippen molar-refractivity contribution in [2.45, 2.75) is 13.1 Å². The molecule has 0 spiro atoms. The van der Waals surface area contributed by atoms with Crippen LogP contribution in [0.4, 0.5) is 18.9 Å². The second kappa shape index (κ2) is 5.32. The van der Waals surface area contributed by atoms with E-state index in [0.717, 1.165) is 28.4 Å². The summed E-state index contributed by atoms with van der Waals surface area (Å²) >= 11 is 3.29. The first-order valence-electron chi connectivity index (χ1n) is 5.54. The highest BCUT2D eigenvalue weighted by atomic mass is 79.9. The Kier molecular flexibility index (Phi) is 3.89. The predicted molar refractivity (Wildman–Crippen MR) is 72.6 cm³/mol. The zero-order valence-corrected chi connectivity index (χ0v) is 11.9. The van der Waals surface area contributed by atoms with Crippen molar-refractivity contribution >= 4 is 21.6 Å². The van der Waals surface area contributed by atoms with Gasteiger partial charge in [-0.1, -0.05) is 15.9 Å². The molecule has 0 saturated heterocycles. The molecule has 7 heteroatoms. The zero-order chi connectivity index (χ0) is 14.9. The van der Waals surface area contributed by atoms with Crippen LogP contribution in [-0.4, -0.2) is 4.98 Å². The minimum atomic E-state index is -4.42. The molecular formula is C13H10BrF3N2O. The number of aryl methyl sites for hydroxylation is 1. The maximum absolute atomic E-state index is 12.4. The first kappa shape index (κ1) is 14.6. The van der Waals surface area contributed by atoms with Gasteiger partial charge in [0.15, 0.2) is 5.75 Å². The van der Waals surface area contributed by atoms with Crippen LogP contribution in [0.25, 0.3) is 0 Å². The molecule has 0 saturated carbocycles. The molecule has 0 unspecified atom stereocenters. The highest BCUT2D eigenvalue weighted by molar-refractivity contribution is 9.10. The van der Waals surface area contributed by atoms with Gasteiger partial charge < -0.3 is 10.5 Å². The van der Waals surface area contributed by atoms with Gasteiger partial charge in [-0.15, -0.1) is 0 Å². The van der Waals surface area contributed by atoms with Gasteiger partial charge in [-0.25, -0.2) is 4.98 Å². The molecule has 0 fully saturated rings. The normalized spacial score (nSPS) is 11.4. The molecule has 0 atom stereocenters. The molecule has 20 heavy (non-hydrogen) atoms. The molecule has 0 aliphatic carbocycles. The second-order valence-electron chi connectivity index (χ2n) is 4.13. The van der Waals surface area contributed by atoms with E-state index in [1.165, 1.54) is 0 Å². The Hall–Kier alpha value is -1.76. The molecule has 0 aliphatic heterocycles. The first-order valence-corrected chi connectivity index (χ1v) is 6.33. The van der Waals surface area contributed by atoms with Gasteiger partial charge in [0.2, 0.25) is 5.88 Å². The smallest absolute Gasteiger partial charge is 0.417 e. The molecule has 106 valence electrons. The van der Waals surface area contributed by atoms with Crippen molar-refractivity contribution in [1.29, 1.82) is 0 Å². The monoisotopic (exact) mass is 346 g/mol. The highest BCUT2D eigenvalue weighted by Crippen LogP contribution is 2.34. The first-order chi connectivity index (χ1) is 9.27. The molecule has 0 radical (unpaired) electrons. The summed E-state index contributed by atoms with van der Waals surface area (Å²) in [5, 5.41) is 0. The Bertz CT molecular complexity index is 603. The van der Waals surface area contributed by atoms with Crippen LogP contribution in [0.2, 0.25) is 0 Å². The Morgan fingerprint density at radius 3 is 2.45 bits per heavy atom. The lowest BCUT2D eigenvalue weighted by Crippen LogP contribution is -2.05. The number of nitrogens with two attached hydrogens (primary N) is 1. The van der Waals surface area contributed by atoms with E-state index in [1.807, 2.05) is 0 Å². The number of pyridine rings is 1. The summed E-state index contributed by atoms with van der Waals surface area (Å²) < 4.78 is 43.5. The summed E-state index contributed by atoms with van der Waals surface area (Å²) in [6, 6.07) is 5.50. The predicted octanol–water partition coefficient (Wildman–Crippen LogP) is 4.55. The minimum Gasteiger partial charge on any atom is -0.437 e. The van der Waals surface area contributed by atoms with Gasteiger partial charge in [-0.2, -0.15) is 13.2 Å². The summed E-state index contributed by atoms with van der Waals surface area (Å²) in [4.78, 5) is 3.64. The lowest BCUT2D eigenvalue weighted by atomic mass is 10.2. The van der Waals surface area contributed by atoms with Gasteiger partial charge in [0.1, 0.15) is 0 Å². The van der Waals surface area contributed by atoms with E-state index in [4.69, 9.17) is 10.5 Å². The molecule has 0 aliphatic rings. The van der Waals surface area contributed by atoms with Gasteiger partial charge in [0.25, 0.3) is 0 Å². The number of hydrogen-bond acceptors (Lipinski definition) is 3. The third kappa shape index (κ3) is 3.22. The summed E-state index contributed by atoms with van der Waals surface area (Å²) in [7, 11) is 0. The van der Waals surface area contributed by atoms with E-state index in [2.05, 4.69) is 20.9 Å². The van der Waals surface area contributed by atoms with E-state index < -0.39 is 11.7 Å². The number of nitrogens with zero attached hydrogens (tertiary/aromatic N) is 1. The van der Waals surface area contributed by atoms with Crippen molar-refractivity contribution in [3.8, 4) is 11.6 Å². The molecule has 2 rings (SSSR count). The van der Waals surface area contributed by atoms with Crippen LogP contribution < -0.4 is 10.5 Å². The van der Waals surface area contributed by atoms with E-state index in [0.29, 0.717) is 11.4 Å². The Morgan fingerprint density at radius 2 is 1.95 bits per heavy atom. The number of aromatic nitrogens is 1. The molecule has 1 aromatic heterocycles. The SMILES string of the molecule is Cc1cc(Br)cc(N)c1Oc1ccc(C(F)(F)F)cn1. The number of ether oxygens (including phenoxy) is 1. The quantitative estimate of drug-likeness (QED) is 0.811. The van der Waals surface area contributed by atoms with E-state index in [1.54, 1.807) is 19.1 Å². The van der Waals surface area contributed by atoms with E-state index in [9.17, 15) is 13.2 Å². The lowest BCUT2D eigenvalue weighted by Gasteiger charge is -2.12. The van der Waals surface area contributed by atoms with Gasteiger partial charge in [-0.3, -0.25) is 0 Å². The van der Waals surface area contributed by atoms with Crippen LogP contribution in [-0.2, 0) is 6.18 Å². The van der Waals surface area contributed by atoms with Crippen molar-refractivity contribution in [3.05, 3.63) is 46.1 Å². The fourth-order valence-electron chi connectivity index (χ4n) is 1.61. The van der Waals surface area contributed by atoms with Crippen LogP contribution in [0, 0.1) is 6.92 Å². The minimum absolute atomic E-state index is 0.0510. The van der Waals surface area contributed by atoms with Gasteiger partial charge >= 0.3 is 6.18 Å². The third-order valence-corrected chi connectivity index (χ3v) is 3.00. The summed E-state index contributed by atoms with van der Waals surface area (Å²) in [5.41, 5.74) is 6.10. The topological polar surface area (TPSA) is 48.1 Å². The van der Waals surface area contributed by atoms with Crippen LogP contribution in [0.1, 0.15) is 11.1 Å². The lowest BCUT2D eigenvalue weighted by molar-refractivity contribution is -0.137. The fourth-order valence-corrected chi connectivity index (χ4v) is 2.20. The number of hydrogen-bond donors (Lipinski definition) is 1. The van der Waals surface area contributed by atoms with Crippen LogP contribution in [0.15, 0.2) is 34.9 Å². The molecule has 0 amide bonds. The average Bonchev–Trinajstić information content (AvgIpc) is 2.33. The van der Waals surface area contributed by atoms with Gasteiger partial charge in [-0.05, 0) is 30.7 Å². The van der Waals surface area contributed by atoms with Gasteiger partial charge in [0, 0.05) is 16.7 Å². The Morgan fingerprint density at radius 1 is 1.25 bits per heavy atom. The van der Waals surface area contributed by atoms with Crippen LogP contribution >= 0.6 is 15.9 Å². The average molecular weight is 347 g/mol. The zero-order valence-electron chi connectivity index (χ0n) is 10.3. The molecule has 2 N–H and O–H groups in total. The number of halogens is 4. The molecular weight excluding hydrogens is 337 g/mol. The molecule has 2 aromatic rings. The van der Waals surface area contributed by atoms with Crippen molar-refractivity contribution in [2.24, 2.45) is 0 Å². The van der Waals surface area contributed by atoms with Crippen LogP contribution in [0.5, 0.6) is 11.6 Å². The van der Waals surface area contributed by atoms with Crippen LogP contribution in [0.3, 0.4) is 0 Å². The number of rotatable bonds is 2. The maximum Gasteiger partial charge on any atom is 0.417 e. The second-order valence-corrected chi connectivity index (χ2v) is 5.04. The summed E-state index contributed by atoms with van der Waals surface area (Å²) in [5.74, 6) is 0.426. The van der Waals surface area contributed by atoms with Crippen molar-refractivity contribution in [1.82, 2.24) is 4.98 Å². The largest absolute Gasteiger partial charge is 0.437 e.